The topological polar surface area (TPSA) is 108 Å². The first-order valence-corrected chi connectivity index (χ1v) is 9.40. The lowest BCUT2D eigenvalue weighted by molar-refractivity contribution is 0.0578. The van der Waals surface area contributed by atoms with Crippen molar-refractivity contribution in [3.05, 3.63) is 59.0 Å². The molecule has 0 aliphatic heterocycles. The lowest BCUT2D eigenvalue weighted by Crippen LogP contribution is -2.26. The molecule has 0 saturated carbocycles. The summed E-state index contributed by atoms with van der Waals surface area (Å²) in [6.07, 6.45) is 4.50. The molecule has 1 atom stereocenters. The van der Waals surface area contributed by atoms with Gasteiger partial charge in [-0.25, -0.2) is 13.8 Å². The molecule has 1 aromatic carbocycles. The standard InChI is InChI=1S/C19H21ClF2N6O2/c1-19(2,30)10-28-8-11(6-24-28)25-18-23-7-12(20)17(27-18)26-15(9-29)16-13(21)4-3-5-14(16)22/h3-8,15,29-30H,9-10H2,1-2H3,(H2,23,25,26,27). The van der Waals surface area contributed by atoms with Crippen molar-refractivity contribution in [2.45, 2.75) is 32.0 Å². The van der Waals surface area contributed by atoms with Gasteiger partial charge in [-0.1, -0.05) is 17.7 Å². The third kappa shape index (κ3) is 5.41. The average Bonchev–Trinajstić information content (AvgIpc) is 3.08. The van der Waals surface area contributed by atoms with Gasteiger partial charge in [-0.15, -0.1) is 0 Å². The number of rotatable bonds is 8. The molecule has 30 heavy (non-hydrogen) atoms. The van der Waals surface area contributed by atoms with E-state index in [1.165, 1.54) is 18.5 Å². The first-order valence-electron chi connectivity index (χ1n) is 9.02. The molecule has 0 aliphatic carbocycles. The molecule has 3 rings (SSSR count). The van der Waals surface area contributed by atoms with Crippen LogP contribution in [0.25, 0.3) is 0 Å². The second-order valence-corrected chi connectivity index (χ2v) is 7.68. The summed E-state index contributed by atoms with van der Waals surface area (Å²) in [5, 5.41) is 29.5. The predicted octanol–water partition coefficient (Wildman–Crippen LogP) is 3.26. The number of aliphatic hydroxyl groups excluding tert-OH is 1. The summed E-state index contributed by atoms with van der Waals surface area (Å²) in [6.45, 7) is 3.02. The van der Waals surface area contributed by atoms with E-state index in [0.717, 1.165) is 12.1 Å². The van der Waals surface area contributed by atoms with Gasteiger partial charge < -0.3 is 20.8 Å². The summed E-state index contributed by atoms with van der Waals surface area (Å²) in [5.41, 5.74) is -0.693. The molecule has 0 aliphatic rings. The smallest absolute Gasteiger partial charge is 0.229 e. The first-order chi connectivity index (χ1) is 14.2. The third-order valence-electron chi connectivity index (χ3n) is 4.02. The maximum atomic E-state index is 14.1. The lowest BCUT2D eigenvalue weighted by Gasteiger charge is -2.19. The number of nitrogens with one attached hydrogen (secondary N) is 2. The van der Waals surface area contributed by atoms with E-state index >= 15 is 0 Å². The molecular weight excluding hydrogens is 418 g/mol. The summed E-state index contributed by atoms with van der Waals surface area (Å²) in [4.78, 5) is 8.28. The van der Waals surface area contributed by atoms with E-state index in [-0.39, 0.29) is 28.9 Å². The highest BCUT2D eigenvalue weighted by atomic mass is 35.5. The van der Waals surface area contributed by atoms with Crippen LogP contribution in [-0.4, -0.2) is 42.2 Å². The highest BCUT2D eigenvalue weighted by Crippen LogP contribution is 2.28. The lowest BCUT2D eigenvalue weighted by atomic mass is 10.1. The van der Waals surface area contributed by atoms with Crippen LogP contribution in [0.3, 0.4) is 0 Å². The third-order valence-corrected chi connectivity index (χ3v) is 4.30. The van der Waals surface area contributed by atoms with Crippen molar-refractivity contribution in [1.82, 2.24) is 19.7 Å². The fraction of sp³-hybridized carbons (Fsp3) is 0.316. The van der Waals surface area contributed by atoms with Crippen molar-refractivity contribution in [3.8, 4) is 0 Å². The zero-order valence-corrected chi connectivity index (χ0v) is 17.0. The molecule has 0 fully saturated rings. The minimum atomic E-state index is -1.11. The average molecular weight is 439 g/mol. The van der Waals surface area contributed by atoms with E-state index in [1.54, 1.807) is 24.7 Å². The summed E-state index contributed by atoms with van der Waals surface area (Å²) in [6, 6.07) is 2.33. The van der Waals surface area contributed by atoms with Gasteiger partial charge in [0.2, 0.25) is 5.95 Å². The van der Waals surface area contributed by atoms with Gasteiger partial charge in [-0.3, -0.25) is 4.68 Å². The van der Waals surface area contributed by atoms with Crippen molar-refractivity contribution in [3.63, 3.8) is 0 Å². The fourth-order valence-corrected chi connectivity index (χ4v) is 2.93. The van der Waals surface area contributed by atoms with Gasteiger partial charge in [0, 0.05) is 11.8 Å². The van der Waals surface area contributed by atoms with Crippen molar-refractivity contribution in [2.75, 3.05) is 17.2 Å². The van der Waals surface area contributed by atoms with E-state index in [1.807, 2.05) is 0 Å². The molecule has 2 aromatic heterocycles. The number of benzene rings is 1. The Morgan fingerprint density at radius 1 is 1.23 bits per heavy atom. The Balaban J connectivity index is 1.80. The van der Waals surface area contributed by atoms with Gasteiger partial charge in [-0.2, -0.15) is 10.1 Å². The molecule has 4 N–H and O–H groups in total. The van der Waals surface area contributed by atoms with Crippen LogP contribution < -0.4 is 10.6 Å². The van der Waals surface area contributed by atoms with E-state index in [9.17, 15) is 19.0 Å². The van der Waals surface area contributed by atoms with Crippen LogP contribution in [0.15, 0.2) is 36.8 Å². The molecule has 0 bridgehead atoms. The van der Waals surface area contributed by atoms with E-state index in [0.29, 0.717) is 5.69 Å². The summed E-state index contributed by atoms with van der Waals surface area (Å²) in [5.74, 6) is -1.37. The second kappa shape index (κ2) is 8.90. The van der Waals surface area contributed by atoms with Crippen molar-refractivity contribution in [1.29, 1.82) is 0 Å². The fourth-order valence-electron chi connectivity index (χ4n) is 2.79. The molecule has 1 unspecified atom stereocenters. The number of halogens is 3. The van der Waals surface area contributed by atoms with Gasteiger partial charge in [-0.05, 0) is 26.0 Å². The SMILES string of the molecule is CC(C)(O)Cn1cc(Nc2ncc(Cl)c(NC(CO)c3c(F)cccc3F)n2)cn1. The highest BCUT2D eigenvalue weighted by Gasteiger charge is 2.21. The predicted molar refractivity (Wildman–Crippen MR) is 109 cm³/mol. The van der Waals surface area contributed by atoms with E-state index in [4.69, 9.17) is 11.6 Å². The normalized spacial score (nSPS) is 12.6. The molecule has 2 heterocycles. The van der Waals surface area contributed by atoms with Crippen molar-refractivity contribution < 1.29 is 19.0 Å². The van der Waals surface area contributed by atoms with Gasteiger partial charge in [0.1, 0.15) is 16.7 Å². The second-order valence-electron chi connectivity index (χ2n) is 7.27. The number of aromatic nitrogens is 4. The Labute approximate surface area is 176 Å². The largest absolute Gasteiger partial charge is 0.394 e. The maximum absolute atomic E-state index is 14.1. The summed E-state index contributed by atoms with van der Waals surface area (Å²) in [7, 11) is 0. The van der Waals surface area contributed by atoms with Crippen molar-refractivity contribution in [2.24, 2.45) is 0 Å². The quantitative estimate of drug-likeness (QED) is 0.427. The van der Waals surface area contributed by atoms with Gasteiger partial charge in [0.05, 0.1) is 42.9 Å². The Hall–Kier alpha value is -2.82. The van der Waals surface area contributed by atoms with Crippen LogP contribution in [0.5, 0.6) is 0 Å². The number of hydrogen-bond donors (Lipinski definition) is 4. The number of aliphatic hydroxyl groups is 2. The molecule has 0 amide bonds. The number of anilines is 3. The Kier molecular flexibility index (Phi) is 6.49. The minimum absolute atomic E-state index is 0.0831. The van der Waals surface area contributed by atoms with Crippen LogP contribution in [0.4, 0.5) is 26.2 Å². The molecule has 0 radical (unpaired) electrons. The molecular formula is C19H21ClF2N6O2. The van der Waals surface area contributed by atoms with Gasteiger partial charge >= 0.3 is 0 Å². The number of hydrogen-bond acceptors (Lipinski definition) is 7. The van der Waals surface area contributed by atoms with Crippen LogP contribution in [0.1, 0.15) is 25.5 Å². The van der Waals surface area contributed by atoms with E-state index in [2.05, 4.69) is 25.7 Å². The number of nitrogens with zero attached hydrogens (tertiary/aromatic N) is 4. The van der Waals surface area contributed by atoms with Crippen LogP contribution >= 0.6 is 11.6 Å². The Morgan fingerprint density at radius 2 is 1.93 bits per heavy atom. The summed E-state index contributed by atoms with van der Waals surface area (Å²) < 4.78 is 29.7. The zero-order valence-electron chi connectivity index (χ0n) is 16.3. The van der Waals surface area contributed by atoms with Gasteiger partial charge in [0.25, 0.3) is 0 Å². The summed E-state index contributed by atoms with van der Waals surface area (Å²) >= 11 is 6.12. The molecule has 0 spiro atoms. The Bertz CT molecular complexity index is 1000. The maximum Gasteiger partial charge on any atom is 0.229 e. The zero-order chi connectivity index (χ0) is 21.9. The van der Waals surface area contributed by atoms with Crippen molar-refractivity contribution >= 4 is 29.1 Å². The first kappa shape index (κ1) is 21.9. The van der Waals surface area contributed by atoms with Crippen LogP contribution in [0, 0.1) is 11.6 Å². The highest BCUT2D eigenvalue weighted by molar-refractivity contribution is 6.32. The molecule has 11 heteroatoms. The van der Waals surface area contributed by atoms with E-state index < -0.39 is 29.9 Å². The molecule has 8 nitrogen and oxygen atoms in total. The van der Waals surface area contributed by atoms with Crippen LogP contribution in [-0.2, 0) is 6.54 Å². The van der Waals surface area contributed by atoms with Gasteiger partial charge in [0.15, 0.2) is 5.82 Å². The molecule has 3 aromatic rings. The molecule has 0 saturated heterocycles. The van der Waals surface area contributed by atoms with Crippen LogP contribution in [0.2, 0.25) is 5.02 Å². The molecule has 160 valence electrons. The minimum Gasteiger partial charge on any atom is -0.394 e. The monoisotopic (exact) mass is 438 g/mol. The Morgan fingerprint density at radius 3 is 2.57 bits per heavy atom.